The number of nitrogens with zero attached hydrogens (tertiary/aromatic N) is 3. The fourth-order valence-corrected chi connectivity index (χ4v) is 9.53. The predicted octanol–water partition coefficient (Wildman–Crippen LogP) is 14.8. The van der Waals surface area contributed by atoms with Crippen LogP contribution in [-0.2, 0) is 0 Å². The van der Waals surface area contributed by atoms with Crippen LogP contribution in [0.3, 0.4) is 0 Å². The summed E-state index contributed by atoms with van der Waals surface area (Å²) in [6, 6.07) is 75.6. The summed E-state index contributed by atoms with van der Waals surface area (Å²) in [6.07, 6.45) is 0. The molecule has 0 unspecified atom stereocenters. The number of fused-ring (bicyclic) bond motifs is 11. The summed E-state index contributed by atoms with van der Waals surface area (Å²) in [5, 5.41) is 2.42. The number of aromatic nitrogens is 3. The third-order valence-corrected chi connectivity index (χ3v) is 12.4. The van der Waals surface area contributed by atoms with Crippen LogP contribution in [0.5, 0.6) is 0 Å². The van der Waals surface area contributed by atoms with Gasteiger partial charge in [0.2, 0.25) is 0 Å². The molecule has 276 valence electrons. The maximum Gasteiger partial charge on any atom is 0.164 e. The van der Waals surface area contributed by atoms with Crippen LogP contribution in [0.1, 0.15) is 0 Å². The minimum atomic E-state index is 0.622. The Morgan fingerprint density at radius 3 is 1.36 bits per heavy atom. The fourth-order valence-electron chi connectivity index (χ4n) is 8.29. The summed E-state index contributed by atoms with van der Waals surface area (Å²) in [5.74, 6) is 1.89. The van der Waals surface area contributed by atoms with Gasteiger partial charge in [0.25, 0.3) is 0 Å². The summed E-state index contributed by atoms with van der Waals surface area (Å²) >= 11 is 1.84. The zero-order valence-corrected chi connectivity index (χ0v) is 32.8. The first kappa shape index (κ1) is 34.8. The van der Waals surface area contributed by atoms with Crippen molar-refractivity contribution in [3.05, 3.63) is 212 Å². The summed E-state index contributed by atoms with van der Waals surface area (Å²) in [5.41, 5.74) is 14.5. The first-order chi connectivity index (χ1) is 29.2. The van der Waals surface area contributed by atoms with Crippen LogP contribution in [0.25, 0.3) is 101 Å². The maximum atomic E-state index is 5.22. The molecule has 4 heteroatoms. The molecule has 0 aliphatic carbocycles. The average molecular weight is 770 g/mol. The molecule has 1 aliphatic rings. The smallest absolute Gasteiger partial charge is 0.164 e. The van der Waals surface area contributed by atoms with Gasteiger partial charge >= 0.3 is 0 Å². The van der Waals surface area contributed by atoms with Gasteiger partial charge in [0.1, 0.15) is 0 Å². The van der Waals surface area contributed by atoms with Gasteiger partial charge in [0.05, 0.1) is 0 Å². The molecule has 0 saturated heterocycles. The molecule has 0 bridgehead atoms. The fraction of sp³-hybridized carbons (Fsp3) is 0. The van der Waals surface area contributed by atoms with Gasteiger partial charge in [-0.3, -0.25) is 0 Å². The average Bonchev–Trinajstić information content (AvgIpc) is 3.33. The highest BCUT2D eigenvalue weighted by Gasteiger charge is 2.23. The van der Waals surface area contributed by atoms with E-state index in [4.69, 9.17) is 15.0 Å². The molecule has 59 heavy (non-hydrogen) atoms. The Kier molecular flexibility index (Phi) is 8.76. The van der Waals surface area contributed by atoms with E-state index in [1.807, 2.05) is 36.0 Å². The molecule has 0 spiro atoms. The standard InChI is InChI=1S/C55H35N3S/c1-3-15-36(16-4-1)37-27-29-40(30-28-37)54-56-53(39-18-5-2-6-19-39)57-55(58-54)41-32-33-47-45-23-10-9-21-43(45)44-22-11-12-24-46(44)48-25-13-14-26-51(48)59-52-42-20-8-7-17-38(42)31-34-49(52)50(47)35-41/h1-35H. The van der Waals surface area contributed by atoms with Crippen LogP contribution in [0.15, 0.2) is 222 Å². The van der Waals surface area contributed by atoms with Gasteiger partial charge in [0, 0.05) is 26.5 Å². The van der Waals surface area contributed by atoms with E-state index in [-0.39, 0.29) is 0 Å². The van der Waals surface area contributed by atoms with Crippen LogP contribution >= 0.6 is 11.8 Å². The molecule has 1 aliphatic heterocycles. The highest BCUT2D eigenvalue weighted by atomic mass is 32.2. The molecule has 1 aromatic heterocycles. The van der Waals surface area contributed by atoms with E-state index in [0.717, 1.165) is 38.9 Å². The largest absolute Gasteiger partial charge is 0.208 e. The summed E-state index contributed by atoms with van der Waals surface area (Å²) in [7, 11) is 0. The van der Waals surface area contributed by atoms with Crippen molar-refractivity contribution in [2.75, 3.05) is 0 Å². The Hall–Kier alpha value is -7.40. The van der Waals surface area contributed by atoms with Gasteiger partial charge < -0.3 is 0 Å². The lowest BCUT2D eigenvalue weighted by atomic mass is 9.86. The highest BCUT2D eigenvalue weighted by molar-refractivity contribution is 7.99. The molecule has 9 aromatic carbocycles. The van der Waals surface area contributed by atoms with Crippen LogP contribution < -0.4 is 0 Å². The van der Waals surface area contributed by atoms with Crippen molar-refractivity contribution < 1.29 is 0 Å². The van der Waals surface area contributed by atoms with E-state index in [9.17, 15) is 0 Å². The summed E-state index contributed by atoms with van der Waals surface area (Å²) < 4.78 is 0. The van der Waals surface area contributed by atoms with E-state index in [2.05, 4.69) is 188 Å². The van der Waals surface area contributed by atoms with Crippen molar-refractivity contribution in [1.29, 1.82) is 0 Å². The lowest BCUT2D eigenvalue weighted by molar-refractivity contribution is 1.07. The van der Waals surface area contributed by atoms with E-state index in [1.165, 1.54) is 53.9 Å². The second kappa shape index (κ2) is 14.8. The van der Waals surface area contributed by atoms with E-state index < -0.39 is 0 Å². The van der Waals surface area contributed by atoms with Crippen molar-refractivity contribution in [1.82, 2.24) is 15.0 Å². The number of hydrogen-bond donors (Lipinski definition) is 0. The van der Waals surface area contributed by atoms with Crippen LogP contribution in [-0.4, -0.2) is 15.0 Å². The third kappa shape index (κ3) is 6.41. The van der Waals surface area contributed by atoms with Gasteiger partial charge in [-0.1, -0.05) is 212 Å². The number of rotatable bonds is 4. The molecule has 0 amide bonds. The second-order valence-corrected chi connectivity index (χ2v) is 15.8. The van der Waals surface area contributed by atoms with Crippen LogP contribution in [0.2, 0.25) is 0 Å². The van der Waals surface area contributed by atoms with Gasteiger partial charge in [-0.15, -0.1) is 0 Å². The van der Waals surface area contributed by atoms with Gasteiger partial charge in [-0.05, 0) is 78.5 Å². The van der Waals surface area contributed by atoms with Crippen molar-refractivity contribution in [3.8, 4) is 89.8 Å². The lowest BCUT2D eigenvalue weighted by Gasteiger charge is -2.19. The Morgan fingerprint density at radius 1 is 0.271 bits per heavy atom. The van der Waals surface area contributed by atoms with Crippen LogP contribution in [0.4, 0.5) is 0 Å². The second-order valence-electron chi connectivity index (χ2n) is 14.7. The number of hydrogen-bond acceptors (Lipinski definition) is 4. The maximum absolute atomic E-state index is 5.22. The van der Waals surface area contributed by atoms with E-state index in [0.29, 0.717) is 17.5 Å². The van der Waals surface area contributed by atoms with Crippen LogP contribution in [0, 0.1) is 0 Å². The summed E-state index contributed by atoms with van der Waals surface area (Å²) in [6.45, 7) is 0. The molecular formula is C55H35N3S. The number of benzene rings is 9. The molecule has 3 nitrogen and oxygen atoms in total. The van der Waals surface area contributed by atoms with E-state index >= 15 is 0 Å². The Balaban J connectivity index is 1.17. The molecule has 0 atom stereocenters. The summed E-state index contributed by atoms with van der Waals surface area (Å²) in [4.78, 5) is 17.9. The molecule has 2 heterocycles. The van der Waals surface area contributed by atoms with Crippen molar-refractivity contribution in [2.45, 2.75) is 9.79 Å². The minimum Gasteiger partial charge on any atom is -0.208 e. The van der Waals surface area contributed by atoms with E-state index in [1.54, 1.807) is 0 Å². The monoisotopic (exact) mass is 769 g/mol. The minimum absolute atomic E-state index is 0.622. The van der Waals surface area contributed by atoms with Crippen molar-refractivity contribution in [3.63, 3.8) is 0 Å². The molecule has 0 fully saturated rings. The molecule has 0 saturated carbocycles. The molecular weight excluding hydrogens is 735 g/mol. The first-order valence-corrected chi connectivity index (χ1v) is 20.7. The molecule has 0 radical (unpaired) electrons. The van der Waals surface area contributed by atoms with Crippen molar-refractivity contribution in [2.24, 2.45) is 0 Å². The molecule has 0 N–H and O–H groups in total. The lowest BCUT2D eigenvalue weighted by Crippen LogP contribution is -2.01. The predicted molar refractivity (Wildman–Crippen MR) is 245 cm³/mol. The first-order valence-electron chi connectivity index (χ1n) is 19.9. The zero-order chi connectivity index (χ0) is 39.1. The van der Waals surface area contributed by atoms with Gasteiger partial charge in [0.15, 0.2) is 17.5 Å². The molecule has 10 aromatic rings. The Labute approximate surface area is 347 Å². The van der Waals surface area contributed by atoms with Crippen molar-refractivity contribution >= 4 is 22.5 Å². The quantitative estimate of drug-likeness (QED) is 0.179. The van der Waals surface area contributed by atoms with Gasteiger partial charge in [-0.2, -0.15) is 0 Å². The SMILES string of the molecule is c1ccc(-c2ccc(-c3nc(-c4ccccc4)nc(-c4ccc5c(c4)-c4ccc6ccccc6c4Sc4ccccc4-c4ccccc4-c4ccccc4-5)n3)cc2)cc1. The normalized spacial score (nSPS) is 11.7. The Bertz CT molecular complexity index is 3180. The molecule has 11 rings (SSSR count). The van der Waals surface area contributed by atoms with Gasteiger partial charge in [-0.25, -0.2) is 15.0 Å². The Morgan fingerprint density at radius 2 is 0.695 bits per heavy atom. The third-order valence-electron chi connectivity index (χ3n) is 11.2. The zero-order valence-electron chi connectivity index (χ0n) is 32.0. The topological polar surface area (TPSA) is 38.7 Å². The highest BCUT2D eigenvalue weighted by Crippen LogP contribution is 2.50.